The van der Waals surface area contributed by atoms with E-state index in [9.17, 15) is 4.79 Å². The fourth-order valence-corrected chi connectivity index (χ4v) is 3.82. The molecule has 0 saturated carbocycles. The number of likely N-dealkylation sites (tertiary alicyclic amines) is 1. The molecule has 1 saturated heterocycles. The molecule has 2 N–H and O–H groups in total. The molecule has 1 rings (SSSR count). The summed E-state index contributed by atoms with van der Waals surface area (Å²) in [6.45, 7) is 5.95. The average molecular weight is 314 g/mol. The second-order valence-electron chi connectivity index (χ2n) is 6.50. The quantitative estimate of drug-likeness (QED) is 0.699. The molecule has 21 heavy (non-hydrogen) atoms. The summed E-state index contributed by atoms with van der Waals surface area (Å²) in [5.74, 6) is 0.169. The Kier molecular flexibility index (Phi) is 7.07. The Morgan fingerprint density at radius 2 is 1.90 bits per heavy atom. The van der Waals surface area contributed by atoms with E-state index in [-0.39, 0.29) is 5.91 Å². The van der Waals surface area contributed by atoms with Crippen LogP contribution in [0.5, 0.6) is 0 Å². The molecule has 0 aromatic rings. The van der Waals surface area contributed by atoms with Crippen molar-refractivity contribution in [1.82, 2.24) is 9.80 Å². The van der Waals surface area contributed by atoms with Gasteiger partial charge in [-0.25, -0.2) is 0 Å². The normalized spacial score (nSPS) is 19.3. The minimum Gasteiger partial charge on any atom is -0.392 e. The third-order valence-electron chi connectivity index (χ3n) is 4.45. The highest BCUT2D eigenvalue weighted by Gasteiger charge is 2.45. The Morgan fingerprint density at radius 3 is 2.33 bits per heavy atom. The molecular weight excluding hydrogens is 282 g/mol. The molecule has 4 nitrogen and oxygen atoms in total. The molecule has 1 heterocycles. The van der Waals surface area contributed by atoms with Gasteiger partial charge in [-0.2, -0.15) is 0 Å². The largest absolute Gasteiger partial charge is 0.392 e. The minimum absolute atomic E-state index is 0.169. The summed E-state index contributed by atoms with van der Waals surface area (Å²) in [7, 11) is 4.11. The van der Waals surface area contributed by atoms with Crippen LogP contribution < -0.4 is 5.73 Å². The van der Waals surface area contributed by atoms with Crippen LogP contribution in [-0.2, 0) is 4.79 Å². The highest BCUT2D eigenvalue weighted by molar-refractivity contribution is 7.80. The van der Waals surface area contributed by atoms with Gasteiger partial charge in [-0.15, -0.1) is 0 Å². The van der Waals surface area contributed by atoms with Crippen LogP contribution in [-0.4, -0.2) is 53.9 Å². The van der Waals surface area contributed by atoms with E-state index < -0.39 is 5.41 Å². The number of hydrogen-bond donors (Lipinski definition) is 1. The van der Waals surface area contributed by atoms with Crippen LogP contribution >= 0.6 is 12.2 Å². The molecule has 0 bridgehead atoms. The maximum Gasteiger partial charge on any atom is 0.235 e. The predicted octanol–water partition coefficient (Wildman–Crippen LogP) is 2.41. The summed E-state index contributed by atoms with van der Waals surface area (Å²) in [4.78, 5) is 17.8. The number of amides is 1. The summed E-state index contributed by atoms with van der Waals surface area (Å²) in [5.41, 5.74) is 5.40. The van der Waals surface area contributed by atoms with Crippen molar-refractivity contribution in [3.8, 4) is 0 Å². The first-order chi connectivity index (χ1) is 9.89. The molecule has 1 aliphatic rings. The van der Waals surface area contributed by atoms with Gasteiger partial charge in [0, 0.05) is 19.1 Å². The number of hydrogen-bond acceptors (Lipinski definition) is 3. The number of carbonyl (C=O) groups excluding carboxylic acids is 1. The Labute approximate surface area is 135 Å². The molecule has 1 amide bonds. The lowest BCUT2D eigenvalue weighted by Crippen LogP contribution is -2.53. The Balaban J connectivity index is 3.00. The van der Waals surface area contributed by atoms with Crippen molar-refractivity contribution >= 4 is 23.1 Å². The van der Waals surface area contributed by atoms with E-state index in [2.05, 4.69) is 32.8 Å². The molecule has 0 spiro atoms. The fourth-order valence-electron chi connectivity index (χ4n) is 3.53. The Hall–Kier alpha value is -0.680. The SMILES string of the molecule is CCCC(CCC)(C(=O)N1CCCC1CN(C)C)C(N)=S. The van der Waals surface area contributed by atoms with E-state index in [1.807, 2.05) is 4.90 Å². The van der Waals surface area contributed by atoms with Crippen molar-refractivity contribution in [3.63, 3.8) is 0 Å². The molecule has 0 aromatic carbocycles. The van der Waals surface area contributed by atoms with Crippen molar-refractivity contribution in [2.24, 2.45) is 11.1 Å². The number of rotatable bonds is 8. The lowest BCUT2D eigenvalue weighted by molar-refractivity contribution is -0.140. The third-order valence-corrected chi connectivity index (χ3v) is 4.84. The van der Waals surface area contributed by atoms with Crippen molar-refractivity contribution in [2.75, 3.05) is 27.2 Å². The second-order valence-corrected chi connectivity index (χ2v) is 6.94. The van der Waals surface area contributed by atoms with Crippen LogP contribution in [0, 0.1) is 5.41 Å². The van der Waals surface area contributed by atoms with Crippen molar-refractivity contribution in [3.05, 3.63) is 0 Å². The van der Waals surface area contributed by atoms with Gasteiger partial charge in [-0.1, -0.05) is 38.9 Å². The average Bonchev–Trinajstić information content (AvgIpc) is 2.84. The summed E-state index contributed by atoms with van der Waals surface area (Å²) < 4.78 is 0. The van der Waals surface area contributed by atoms with Crippen molar-refractivity contribution in [1.29, 1.82) is 0 Å². The Morgan fingerprint density at radius 1 is 1.33 bits per heavy atom. The first kappa shape index (κ1) is 18.4. The lowest BCUT2D eigenvalue weighted by atomic mass is 9.77. The van der Waals surface area contributed by atoms with E-state index in [0.29, 0.717) is 11.0 Å². The van der Waals surface area contributed by atoms with Gasteiger partial charge in [0.15, 0.2) is 0 Å². The van der Waals surface area contributed by atoms with E-state index >= 15 is 0 Å². The van der Waals surface area contributed by atoms with Crippen LogP contribution in [0.2, 0.25) is 0 Å². The zero-order valence-electron chi connectivity index (χ0n) is 14.0. The molecule has 1 fully saturated rings. The lowest BCUT2D eigenvalue weighted by Gasteiger charge is -2.38. The summed E-state index contributed by atoms with van der Waals surface area (Å²) >= 11 is 5.32. The van der Waals surface area contributed by atoms with Crippen LogP contribution in [0.1, 0.15) is 52.4 Å². The van der Waals surface area contributed by atoms with Gasteiger partial charge in [0.2, 0.25) is 5.91 Å². The standard InChI is InChI=1S/C16H31N3OS/c1-5-9-16(10-6-2,14(17)21)15(20)19-11-7-8-13(19)12-18(3)4/h13H,5-12H2,1-4H3,(H2,17,21). The van der Waals surface area contributed by atoms with Crippen molar-refractivity contribution in [2.45, 2.75) is 58.4 Å². The summed E-state index contributed by atoms with van der Waals surface area (Å²) in [6.07, 6.45) is 5.54. The van der Waals surface area contributed by atoms with Crippen LogP contribution in [0.4, 0.5) is 0 Å². The van der Waals surface area contributed by atoms with Crippen LogP contribution in [0.15, 0.2) is 0 Å². The van der Waals surface area contributed by atoms with Gasteiger partial charge >= 0.3 is 0 Å². The number of likely N-dealkylation sites (N-methyl/N-ethyl adjacent to an activating group) is 1. The molecule has 1 aliphatic heterocycles. The van der Waals surface area contributed by atoms with Gasteiger partial charge < -0.3 is 15.5 Å². The molecular formula is C16H31N3OS. The molecule has 0 aliphatic carbocycles. The highest BCUT2D eigenvalue weighted by atomic mass is 32.1. The molecule has 122 valence electrons. The maximum absolute atomic E-state index is 13.2. The van der Waals surface area contributed by atoms with Crippen LogP contribution in [0.25, 0.3) is 0 Å². The number of carbonyl (C=O) groups is 1. The van der Waals surface area contributed by atoms with E-state index in [4.69, 9.17) is 18.0 Å². The number of nitrogens with zero attached hydrogens (tertiary/aromatic N) is 2. The maximum atomic E-state index is 13.2. The second kappa shape index (κ2) is 8.08. The molecule has 0 radical (unpaired) electrons. The first-order valence-corrected chi connectivity index (χ1v) is 8.55. The predicted molar refractivity (Wildman–Crippen MR) is 92.3 cm³/mol. The summed E-state index contributed by atoms with van der Waals surface area (Å²) in [6, 6.07) is 0.301. The van der Waals surface area contributed by atoms with Gasteiger partial charge in [-0.05, 0) is 39.8 Å². The fraction of sp³-hybridized carbons (Fsp3) is 0.875. The number of nitrogens with two attached hydrogens (primary N) is 1. The zero-order valence-corrected chi connectivity index (χ0v) is 14.8. The molecule has 1 unspecified atom stereocenters. The molecule has 1 atom stereocenters. The van der Waals surface area contributed by atoms with E-state index in [0.717, 1.165) is 51.6 Å². The van der Waals surface area contributed by atoms with E-state index in [1.165, 1.54) is 0 Å². The van der Waals surface area contributed by atoms with E-state index in [1.54, 1.807) is 0 Å². The van der Waals surface area contributed by atoms with Crippen LogP contribution in [0.3, 0.4) is 0 Å². The summed E-state index contributed by atoms with van der Waals surface area (Å²) in [5, 5.41) is 0. The Bertz CT molecular complexity index is 365. The monoisotopic (exact) mass is 313 g/mol. The van der Waals surface area contributed by atoms with Gasteiger partial charge in [0.1, 0.15) is 0 Å². The smallest absolute Gasteiger partial charge is 0.235 e. The first-order valence-electron chi connectivity index (χ1n) is 8.14. The third kappa shape index (κ3) is 4.16. The van der Waals surface area contributed by atoms with Crippen molar-refractivity contribution < 1.29 is 4.79 Å². The minimum atomic E-state index is -0.631. The number of thiocarbonyl (C=S) groups is 1. The highest BCUT2D eigenvalue weighted by Crippen LogP contribution is 2.35. The topological polar surface area (TPSA) is 49.6 Å². The zero-order chi connectivity index (χ0) is 16.0. The molecule has 5 heteroatoms. The van der Waals surface area contributed by atoms with Gasteiger partial charge in [0.05, 0.1) is 10.4 Å². The van der Waals surface area contributed by atoms with Gasteiger partial charge in [0.25, 0.3) is 0 Å². The van der Waals surface area contributed by atoms with Gasteiger partial charge in [-0.3, -0.25) is 4.79 Å². The molecule has 0 aromatic heterocycles.